The molecule has 2 aliphatic heterocycles. The Morgan fingerprint density at radius 2 is 1.78 bits per heavy atom. The highest BCUT2D eigenvalue weighted by atomic mass is 32.1. The molecule has 1 atom stereocenters. The molecule has 0 radical (unpaired) electrons. The SMILES string of the molecule is CC(Cc1ccc(C(=O)N2CCN(N3C=C(C(F)(F)F)C=NC3)CC2)s1)Nc1cnn(COCC[Si](C)(C)C)c(=O)c1C(F)(F)F. The molecule has 0 bridgehead atoms. The fourth-order valence-electron chi connectivity index (χ4n) is 4.80. The molecule has 10 nitrogen and oxygen atoms in total. The summed E-state index contributed by atoms with van der Waals surface area (Å²) in [6.45, 7) is 9.28. The number of anilines is 1. The van der Waals surface area contributed by atoms with Crippen LogP contribution in [0.4, 0.5) is 32.0 Å². The second kappa shape index (κ2) is 14.3. The minimum absolute atomic E-state index is 0.0565. The fraction of sp³-hybridized carbons (Fsp3) is 0.571. The number of allylic oxidation sites excluding steroid dienone is 1. The summed E-state index contributed by atoms with van der Waals surface area (Å²) >= 11 is 1.21. The molecule has 1 amide bonds. The lowest BCUT2D eigenvalue weighted by molar-refractivity contribution is -0.138. The average molecular weight is 694 g/mol. The van der Waals surface area contributed by atoms with Gasteiger partial charge >= 0.3 is 12.4 Å². The van der Waals surface area contributed by atoms with Gasteiger partial charge in [0.25, 0.3) is 11.5 Å². The van der Waals surface area contributed by atoms with Crippen molar-refractivity contribution in [2.75, 3.05) is 44.8 Å². The largest absolute Gasteiger partial charge is 0.423 e. The maximum absolute atomic E-state index is 14.0. The Morgan fingerprint density at radius 1 is 1.09 bits per heavy atom. The first-order valence-electron chi connectivity index (χ1n) is 14.6. The van der Waals surface area contributed by atoms with Crippen LogP contribution in [0.15, 0.2) is 39.9 Å². The normalized spacial score (nSPS) is 17.3. The number of carbonyl (C=O) groups excluding carboxylic acids is 1. The molecule has 4 rings (SSSR count). The van der Waals surface area contributed by atoms with Gasteiger partial charge in [0.2, 0.25) is 0 Å². The highest BCUT2D eigenvalue weighted by Crippen LogP contribution is 2.32. The molecule has 0 saturated carbocycles. The van der Waals surface area contributed by atoms with E-state index in [1.54, 1.807) is 29.0 Å². The molecule has 254 valence electrons. The molecule has 1 unspecified atom stereocenters. The second-order valence-electron chi connectivity index (χ2n) is 12.3. The third-order valence-corrected chi connectivity index (χ3v) is 10.1. The smallest absolute Gasteiger partial charge is 0.380 e. The van der Waals surface area contributed by atoms with Crippen LogP contribution in [0, 0.1) is 0 Å². The van der Waals surface area contributed by atoms with Gasteiger partial charge in [-0.05, 0) is 25.1 Å². The topological polar surface area (TPSA) is 95.3 Å². The number of piperazine rings is 1. The van der Waals surface area contributed by atoms with Gasteiger partial charge in [-0.15, -0.1) is 11.3 Å². The maximum Gasteiger partial charge on any atom is 0.423 e. The molecular formula is C28H37F6N7O3SSi. The van der Waals surface area contributed by atoms with E-state index in [-0.39, 0.29) is 25.7 Å². The van der Waals surface area contributed by atoms with Gasteiger partial charge in [0, 0.05) is 70.6 Å². The molecule has 2 aromatic rings. The zero-order valence-corrected chi connectivity index (χ0v) is 27.7. The summed E-state index contributed by atoms with van der Waals surface area (Å²) in [4.78, 5) is 32.5. The van der Waals surface area contributed by atoms with Gasteiger partial charge in [-0.25, -0.2) is 9.69 Å². The summed E-state index contributed by atoms with van der Waals surface area (Å²) in [5, 5.41) is 9.75. The van der Waals surface area contributed by atoms with E-state index in [1.807, 2.05) is 0 Å². The predicted molar refractivity (Wildman–Crippen MR) is 166 cm³/mol. The standard InChI is InChI=1S/C28H37F6N7O3SSi/c1-19(37-22-15-36-41(18-44-11-12-46(2,3)4)26(43)24(22)28(32,33)34)13-21-5-6-23(45-21)25(42)38-7-9-39(10-8-38)40-16-20(14-35-17-40)27(29,30)31/h5-6,14-16,19,37H,7-13,17-18H2,1-4H3. The lowest BCUT2D eigenvalue weighted by Gasteiger charge is -2.40. The number of aromatic nitrogens is 2. The van der Waals surface area contributed by atoms with Gasteiger partial charge in [0.05, 0.1) is 22.3 Å². The molecule has 4 heterocycles. The molecule has 18 heteroatoms. The van der Waals surface area contributed by atoms with E-state index in [2.05, 4.69) is 35.0 Å². The van der Waals surface area contributed by atoms with E-state index in [0.29, 0.717) is 42.3 Å². The molecule has 2 aromatic heterocycles. The van der Waals surface area contributed by atoms with Crippen molar-refractivity contribution >= 4 is 37.2 Å². The number of carbonyl (C=O) groups is 1. The monoisotopic (exact) mass is 693 g/mol. The fourth-order valence-corrected chi connectivity index (χ4v) is 6.66. The summed E-state index contributed by atoms with van der Waals surface area (Å²) in [7, 11) is -1.42. The first-order chi connectivity index (χ1) is 21.4. The van der Waals surface area contributed by atoms with E-state index >= 15 is 0 Å². The number of alkyl halides is 6. The van der Waals surface area contributed by atoms with Crippen molar-refractivity contribution < 1.29 is 35.9 Å². The Morgan fingerprint density at radius 3 is 2.41 bits per heavy atom. The number of halogens is 6. The Labute approximate surface area is 267 Å². The highest BCUT2D eigenvalue weighted by molar-refractivity contribution is 7.14. The quantitative estimate of drug-likeness (QED) is 0.198. The van der Waals surface area contributed by atoms with Crippen LogP contribution < -0.4 is 10.9 Å². The van der Waals surface area contributed by atoms with Crippen molar-refractivity contribution in [2.45, 2.75) is 64.2 Å². The van der Waals surface area contributed by atoms with Gasteiger partial charge < -0.3 is 15.0 Å². The van der Waals surface area contributed by atoms with Crippen molar-refractivity contribution in [3.8, 4) is 0 Å². The minimum atomic E-state index is -4.92. The van der Waals surface area contributed by atoms with Crippen molar-refractivity contribution in [3.63, 3.8) is 0 Å². The van der Waals surface area contributed by atoms with Crippen LogP contribution in [0.5, 0.6) is 0 Å². The number of ether oxygens (including phenoxy) is 1. The van der Waals surface area contributed by atoms with Crippen LogP contribution in [-0.2, 0) is 24.1 Å². The Hall–Kier alpha value is -3.22. The summed E-state index contributed by atoms with van der Waals surface area (Å²) in [5.74, 6) is -0.237. The number of thiophene rings is 1. The Bertz CT molecular complexity index is 1490. The van der Waals surface area contributed by atoms with Gasteiger partial charge in [-0.3, -0.25) is 19.6 Å². The van der Waals surface area contributed by atoms with Crippen molar-refractivity contribution in [2.24, 2.45) is 4.99 Å². The maximum atomic E-state index is 14.0. The highest BCUT2D eigenvalue weighted by Gasteiger charge is 2.39. The van der Waals surface area contributed by atoms with Crippen LogP contribution in [0.1, 0.15) is 27.0 Å². The molecule has 0 aromatic carbocycles. The predicted octanol–water partition coefficient (Wildman–Crippen LogP) is 5.14. The van der Waals surface area contributed by atoms with Gasteiger partial charge in [0.15, 0.2) is 0 Å². The van der Waals surface area contributed by atoms with E-state index in [0.717, 1.165) is 29.5 Å². The van der Waals surface area contributed by atoms with Crippen molar-refractivity contribution in [3.05, 3.63) is 55.8 Å². The van der Waals surface area contributed by atoms with Crippen LogP contribution in [0.3, 0.4) is 0 Å². The van der Waals surface area contributed by atoms with Crippen molar-refractivity contribution in [1.29, 1.82) is 0 Å². The zero-order valence-electron chi connectivity index (χ0n) is 25.9. The number of amides is 1. The Balaban J connectivity index is 1.34. The van der Waals surface area contributed by atoms with Crippen LogP contribution in [0.25, 0.3) is 0 Å². The Kier molecular flexibility index (Phi) is 11.1. The first kappa shape index (κ1) is 35.6. The van der Waals surface area contributed by atoms with E-state index in [9.17, 15) is 35.9 Å². The molecule has 2 aliphatic rings. The molecule has 0 aliphatic carbocycles. The number of aliphatic imine (C=N–C) groups is 1. The summed E-state index contributed by atoms with van der Waals surface area (Å²) in [5.41, 5.74) is -3.94. The van der Waals surface area contributed by atoms with Crippen molar-refractivity contribution in [1.82, 2.24) is 24.7 Å². The van der Waals surface area contributed by atoms with Crippen LogP contribution in [0.2, 0.25) is 25.7 Å². The summed E-state index contributed by atoms with van der Waals surface area (Å²) in [6, 6.07) is 3.61. The summed E-state index contributed by atoms with van der Waals surface area (Å²) < 4.78 is 87.2. The number of hydrazine groups is 1. The third-order valence-electron chi connectivity index (χ3n) is 7.30. The molecule has 0 spiro atoms. The molecule has 1 fully saturated rings. The number of rotatable bonds is 11. The number of hydrogen-bond donors (Lipinski definition) is 1. The third kappa shape index (κ3) is 9.42. The van der Waals surface area contributed by atoms with Crippen LogP contribution in [-0.4, -0.2) is 96.6 Å². The van der Waals surface area contributed by atoms with Gasteiger partial charge in [0.1, 0.15) is 19.0 Å². The number of nitrogens with one attached hydrogen (secondary N) is 1. The lowest BCUT2D eigenvalue weighted by atomic mass is 10.1. The lowest BCUT2D eigenvalue weighted by Crippen LogP contribution is -2.54. The van der Waals surface area contributed by atoms with E-state index in [4.69, 9.17) is 4.74 Å². The van der Waals surface area contributed by atoms with Gasteiger partial charge in [-0.1, -0.05) is 19.6 Å². The van der Waals surface area contributed by atoms with E-state index in [1.165, 1.54) is 16.3 Å². The first-order valence-corrected chi connectivity index (χ1v) is 19.1. The number of nitrogens with zero attached hydrogens (tertiary/aromatic N) is 6. The second-order valence-corrected chi connectivity index (χ2v) is 19.1. The average Bonchev–Trinajstić information content (AvgIpc) is 3.42. The molecule has 1 N–H and O–H groups in total. The molecule has 46 heavy (non-hydrogen) atoms. The minimum Gasteiger partial charge on any atom is -0.380 e. The number of hydrogen-bond acceptors (Lipinski definition) is 9. The summed E-state index contributed by atoms with van der Waals surface area (Å²) in [6.07, 6.45) is -6.37. The zero-order chi connectivity index (χ0) is 33.9. The molecule has 1 saturated heterocycles. The van der Waals surface area contributed by atoms with Gasteiger partial charge in [-0.2, -0.15) is 31.4 Å². The van der Waals surface area contributed by atoms with Crippen LogP contribution >= 0.6 is 11.3 Å². The molecular weight excluding hydrogens is 656 g/mol. The van der Waals surface area contributed by atoms with E-state index < -0.39 is 48.9 Å².